The Kier molecular flexibility index (Phi) is 6.37. The maximum absolute atomic E-state index is 5.98. The van der Waals surface area contributed by atoms with E-state index in [2.05, 4.69) is 6.92 Å². The lowest BCUT2D eigenvalue weighted by Crippen LogP contribution is -1.97. The predicted molar refractivity (Wildman–Crippen MR) is 97.8 cm³/mol. The Morgan fingerprint density at radius 3 is 1.52 bits per heavy atom. The molecule has 0 aromatic heterocycles. The molecule has 0 heterocycles. The molecule has 0 radical (unpaired) electrons. The number of allylic oxidation sites excluding steroid dienone is 1. The number of ether oxygens (including phenoxy) is 2. The molecule has 0 fully saturated rings. The minimum atomic E-state index is -0.429. The number of halogens is 2. The predicted octanol–water partition coefficient (Wildman–Crippen LogP) is 5.72. The second-order valence-electron chi connectivity index (χ2n) is 5.21. The molecule has 4 heteroatoms. The smallest absolute Gasteiger partial charge is 0.118 e. The Hall–Kier alpha value is -1.64. The number of rotatable bonds is 6. The van der Waals surface area contributed by atoms with Crippen molar-refractivity contribution in [1.29, 1.82) is 0 Å². The van der Waals surface area contributed by atoms with Crippen LogP contribution < -0.4 is 9.47 Å². The van der Waals surface area contributed by atoms with Crippen molar-refractivity contribution in [2.75, 3.05) is 14.2 Å². The van der Waals surface area contributed by atoms with Crippen LogP contribution in [0.3, 0.4) is 0 Å². The first-order valence-electron chi connectivity index (χ1n) is 7.32. The molecule has 2 nitrogen and oxygen atoms in total. The van der Waals surface area contributed by atoms with Crippen LogP contribution >= 0.6 is 23.2 Å². The molecule has 23 heavy (non-hydrogen) atoms. The highest BCUT2D eigenvalue weighted by atomic mass is 35.5. The van der Waals surface area contributed by atoms with E-state index in [9.17, 15) is 0 Å². The van der Waals surface area contributed by atoms with Gasteiger partial charge in [-0.2, -0.15) is 0 Å². The molecular weight excluding hydrogens is 331 g/mol. The van der Waals surface area contributed by atoms with Crippen molar-refractivity contribution in [2.24, 2.45) is 0 Å². The van der Waals surface area contributed by atoms with E-state index in [1.54, 1.807) is 14.2 Å². The van der Waals surface area contributed by atoms with Crippen LogP contribution in [-0.4, -0.2) is 19.1 Å². The third kappa shape index (κ3) is 4.66. The average Bonchev–Trinajstić information content (AvgIpc) is 2.55. The summed E-state index contributed by atoms with van der Waals surface area (Å²) in [5.41, 5.74) is 4.46. The summed E-state index contributed by atoms with van der Waals surface area (Å²) in [6, 6.07) is 16.0. The van der Waals surface area contributed by atoms with Gasteiger partial charge in [0.1, 0.15) is 16.3 Å². The van der Waals surface area contributed by atoms with Crippen LogP contribution in [0.4, 0.5) is 0 Å². The number of methoxy groups -OCH3 is 2. The monoisotopic (exact) mass is 350 g/mol. The quantitative estimate of drug-likeness (QED) is 0.620. The number of hydrogen-bond acceptors (Lipinski definition) is 2. The molecule has 0 atom stereocenters. The summed E-state index contributed by atoms with van der Waals surface area (Å²) >= 11 is 12.0. The zero-order valence-corrected chi connectivity index (χ0v) is 15.0. The van der Waals surface area contributed by atoms with Gasteiger partial charge in [0.2, 0.25) is 0 Å². The number of hydrogen-bond donors (Lipinski definition) is 0. The van der Waals surface area contributed by atoms with Gasteiger partial charge in [-0.15, -0.1) is 23.2 Å². The van der Waals surface area contributed by atoms with Crippen LogP contribution in [0.15, 0.2) is 54.1 Å². The summed E-state index contributed by atoms with van der Waals surface area (Å²) in [7, 11) is 3.32. The van der Waals surface area contributed by atoms with Gasteiger partial charge in [-0.3, -0.25) is 0 Å². The minimum Gasteiger partial charge on any atom is -0.497 e. The highest BCUT2D eigenvalue weighted by Crippen LogP contribution is 2.32. The zero-order valence-electron chi connectivity index (χ0n) is 13.5. The van der Waals surface area contributed by atoms with Crippen LogP contribution in [0.1, 0.15) is 24.5 Å². The zero-order chi connectivity index (χ0) is 16.8. The van der Waals surface area contributed by atoms with E-state index in [1.807, 2.05) is 48.5 Å². The fraction of sp³-hybridized carbons (Fsp3) is 0.263. The van der Waals surface area contributed by atoms with Gasteiger partial charge in [0.05, 0.1) is 14.2 Å². The second kappa shape index (κ2) is 8.28. The fourth-order valence-corrected chi connectivity index (χ4v) is 2.97. The van der Waals surface area contributed by atoms with Gasteiger partial charge in [0.15, 0.2) is 0 Å². The van der Waals surface area contributed by atoms with Crippen molar-refractivity contribution in [3.05, 3.63) is 65.2 Å². The molecule has 0 saturated heterocycles. The summed E-state index contributed by atoms with van der Waals surface area (Å²) in [6.07, 6.45) is 0.608. The van der Waals surface area contributed by atoms with E-state index in [1.165, 1.54) is 0 Å². The summed E-state index contributed by atoms with van der Waals surface area (Å²) < 4.78 is 10.5. The Morgan fingerprint density at radius 1 is 0.826 bits per heavy atom. The van der Waals surface area contributed by atoms with E-state index >= 15 is 0 Å². The molecule has 0 bridgehead atoms. The van der Waals surface area contributed by atoms with E-state index in [0.717, 1.165) is 33.8 Å². The molecular formula is C19H20Cl2O2. The maximum Gasteiger partial charge on any atom is 0.118 e. The Morgan fingerprint density at radius 2 is 1.22 bits per heavy atom. The van der Waals surface area contributed by atoms with Gasteiger partial charge in [-0.05, 0) is 54.3 Å². The molecule has 0 unspecified atom stereocenters. The van der Waals surface area contributed by atoms with Crippen LogP contribution in [0.5, 0.6) is 11.5 Å². The standard InChI is InChI=1S/C19H20Cl2O2/c1-13(12-18(20)21)19(14-4-8-16(22-2)9-5-14)15-6-10-17(23-3)11-7-15/h4-11,18H,12H2,1-3H3. The van der Waals surface area contributed by atoms with Gasteiger partial charge in [0, 0.05) is 0 Å². The van der Waals surface area contributed by atoms with Crippen LogP contribution in [0.25, 0.3) is 5.57 Å². The Balaban J connectivity index is 2.49. The van der Waals surface area contributed by atoms with Crippen molar-refractivity contribution in [3.8, 4) is 11.5 Å². The van der Waals surface area contributed by atoms with Gasteiger partial charge in [0.25, 0.3) is 0 Å². The molecule has 122 valence electrons. The van der Waals surface area contributed by atoms with Crippen molar-refractivity contribution in [3.63, 3.8) is 0 Å². The molecule has 0 aliphatic rings. The van der Waals surface area contributed by atoms with Gasteiger partial charge >= 0.3 is 0 Å². The molecule has 0 aliphatic heterocycles. The van der Waals surface area contributed by atoms with E-state index in [0.29, 0.717) is 6.42 Å². The largest absolute Gasteiger partial charge is 0.497 e. The highest BCUT2D eigenvalue weighted by molar-refractivity contribution is 6.44. The third-order valence-corrected chi connectivity index (χ3v) is 3.95. The number of benzene rings is 2. The van der Waals surface area contributed by atoms with Gasteiger partial charge < -0.3 is 9.47 Å². The van der Waals surface area contributed by atoms with E-state index in [4.69, 9.17) is 32.7 Å². The van der Waals surface area contributed by atoms with Crippen molar-refractivity contribution >= 4 is 28.8 Å². The fourth-order valence-electron chi connectivity index (χ4n) is 2.51. The molecule has 2 rings (SSSR count). The lowest BCUT2D eigenvalue weighted by Gasteiger charge is -2.15. The normalized spacial score (nSPS) is 10.5. The first kappa shape index (κ1) is 17.7. The van der Waals surface area contributed by atoms with Gasteiger partial charge in [-0.25, -0.2) is 0 Å². The molecule has 0 saturated carbocycles. The average molecular weight is 351 g/mol. The molecule has 0 N–H and O–H groups in total. The van der Waals surface area contributed by atoms with E-state index in [-0.39, 0.29) is 0 Å². The van der Waals surface area contributed by atoms with Gasteiger partial charge in [-0.1, -0.05) is 29.8 Å². The Labute approximate surface area is 147 Å². The SMILES string of the molecule is COc1ccc(C(=C(C)CC(Cl)Cl)c2ccc(OC)cc2)cc1. The Bertz CT molecular complexity index is 609. The van der Waals surface area contributed by atoms with Crippen molar-refractivity contribution < 1.29 is 9.47 Å². The van der Waals surface area contributed by atoms with Crippen molar-refractivity contribution in [2.45, 2.75) is 18.2 Å². The van der Waals surface area contributed by atoms with Crippen molar-refractivity contribution in [1.82, 2.24) is 0 Å². The first-order chi connectivity index (χ1) is 11.0. The number of alkyl halides is 2. The summed E-state index contributed by atoms with van der Waals surface area (Å²) in [5, 5.41) is 0. The van der Waals surface area contributed by atoms with Crippen LogP contribution in [0.2, 0.25) is 0 Å². The van der Waals surface area contributed by atoms with Crippen LogP contribution in [-0.2, 0) is 0 Å². The lowest BCUT2D eigenvalue weighted by atomic mass is 9.92. The van der Waals surface area contributed by atoms with Crippen LogP contribution in [0, 0.1) is 0 Å². The molecule has 0 spiro atoms. The highest BCUT2D eigenvalue weighted by Gasteiger charge is 2.12. The molecule has 0 amide bonds. The molecule has 0 aliphatic carbocycles. The third-order valence-electron chi connectivity index (χ3n) is 3.64. The summed E-state index contributed by atoms with van der Waals surface area (Å²) in [4.78, 5) is -0.429. The minimum absolute atomic E-state index is 0.429. The molecule has 2 aromatic carbocycles. The maximum atomic E-state index is 5.98. The topological polar surface area (TPSA) is 18.5 Å². The first-order valence-corrected chi connectivity index (χ1v) is 8.19. The van der Waals surface area contributed by atoms with E-state index < -0.39 is 4.84 Å². The lowest BCUT2D eigenvalue weighted by molar-refractivity contribution is 0.414. The summed E-state index contributed by atoms with van der Waals surface area (Å²) in [6.45, 7) is 2.06. The molecule has 2 aromatic rings. The summed E-state index contributed by atoms with van der Waals surface area (Å²) in [5.74, 6) is 1.65. The second-order valence-corrected chi connectivity index (χ2v) is 6.48.